The minimum atomic E-state index is -0.708. The van der Waals surface area contributed by atoms with E-state index in [2.05, 4.69) is 21.0 Å². The molecule has 0 saturated heterocycles. The summed E-state index contributed by atoms with van der Waals surface area (Å²) in [6.45, 7) is 4.20. The Morgan fingerprint density at radius 2 is 2.11 bits per heavy atom. The maximum absolute atomic E-state index is 13.1. The largest absolute Gasteiger partial charge is 0.386 e. The molecule has 0 aliphatic carbocycles. The van der Waals surface area contributed by atoms with Crippen LogP contribution in [0.25, 0.3) is 0 Å². The summed E-state index contributed by atoms with van der Waals surface area (Å²) < 4.78 is 15.2. The van der Waals surface area contributed by atoms with Gasteiger partial charge in [0, 0.05) is 5.69 Å². The third kappa shape index (κ3) is 2.79. The lowest BCUT2D eigenvalue weighted by atomic mass is 10.1. The van der Waals surface area contributed by atoms with Crippen LogP contribution in [0.4, 0.5) is 4.39 Å². The van der Waals surface area contributed by atoms with Gasteiger partial charge in [0.05, 0.1) is 22.8 Å². The van der Waals surface area contributed by atoms with E-state index in [1.165, 1.54) is 6.07 Å². The van der Waals surface area contributed by atoms with Crippen LogP contribution in [-0.2, 0) is 6.54 Å². The third-order valence-electron chi connectivity index (χ3n) is 2.78. The van der Waals surface area contributed by atoms with Gasteiger partial charge in [-0.15, -0.1) is 0 Å². The van der Waals surface area contributed by atoms with Crippen LogP contribution in [0.5, 0.6) is 0 Å². The molecule has 2 aromatic rings. The molecule has 1 N–H and O–H groups in total. The number of hydrogen-bond acceptors (Lipinski definition) is 2. The number of hydrogen-bond donors (Lipinski definition) is 1. The highest BCUT2D eigenvalue weighted by Crippen LogP contribution is 2.22. The molecule has 0 aliphatic heterocycles. The van der Waals surface area contributed by atoms with Gasteiger partial charge < -0.3 is 5.11 Å². The van der Waals surface area contributed by atoms with Crippen LogP contribution in [0.2, 0.25) is 0 Å². The van der Waals surface area contributed by atoms with E-state index in [9.17, 15) is 9.50 Å². The molecule has 0 unspecified atom stereocenters. The molecular weight excluding hydrogens is 299 g/mol. The van der Waals surface area contributed by atoms with Gasteiger partial charge in [-0.05, 0) is 53.5 Å². The van der Waals surface area contributed by atoms with Gasteiger partial charge in [-0.1, -0.05) is 6.07 Å². The van der Waals surface area contributed by atoms with Gasteiger partial charge in [0.1, 0.15) is 5.82 Å². The Balaban J connectivity index is 2.19. The monoisotopic (exact) mass is 312 g/mol. The second-order valence-corrected chi connectivity index (χ2v) is 5.15. The van der Waals surface area contributed by atoms with Crippen LogP contribution in [0.15, 0.2) is 28.7 Å². The number of benzene rings is 1. The van der Waals surface area contributed by atoms with Crippen LogP contribution in [-0.4, -0.2) is 14.9 Å². The van der Waals surface area contributed by atoms with Crippen molar-refractivity contribution in [3.05, 3.63) is 51.5 Å². The van der Waals surface area contributed by atoms with Gasteiger partial charge in [0.15, 0.2) is 0 Å². The standard InChI is InChI=1S/C13H14BrFN2O/c1-8-5-9(2)17(16-8)7-13(18)10-3-4-12(15)11(14)6-10/h3-6,13,18H,7H2,1-2H3/t13-/m0/s1. The highest BCUT2D eigenvalue weighted by molar-refractivity contribution is 9.10. The van der Waals surface area contributed by atoms with Crippen molar-refractivity contribution in [1.82, 2.24) is 9.78 Å². The normalized spacial score (nSPS) is 12.7. The molecule has 96 valence electrons. The predicted octanol–water partition coefficient (Wildman–Crippen LogP) is 3.14. The van der Waals surface area contributed by atoms with Gasteiger partial charge in [-0.2, -0.15) is 5.10 Å². The van der Waals surface area contributed by atoms with E-state index in [4.69, 9.17) is 0 Å². The zero-order valence-electron chi connectivity index (χ0n) is 10.2. The average Bonchev–Trinajstić information content (AvgIpc) is 2.61. The Morgan fingerprint density at radius 1 is 1.39 bits per heavy atom. The smallest absolute Gasteiger partial charge is 0.137 e. The highest BCUT2D eigenvalue weighted by Gasteiger charge is 2.12. The minimum Gasteiger partial charge on any atom is -0.386 e. The highest BCUT2D eigenvalue weighted by atomic mass is 79.9. The van der Waals surface area contributed by atoms with Gasteiger partial charge in [-0.25, -0.2) is 4.39 Å². The zero-order valence-corrected chi connectivity index (χ0v) is 11.8. The summed E-state index contributed by atoms with van der Waals surface area (Å²) in [4.78, 5) is 0. The number of nitrogens with zero attached hydrogens (tertiary/aromatic N) is 2. The maximum atomic E-state index is 13.1. The molecule has 18 heavy (non-hydrogen) atoms. The molecular formula is C13H14BrFN2O. The van der Waals surface area contributed by atoms with E-state index in [0.717, 1.165) is 11.4 Å². The lowest BCUT2D eigenvalue weighted by Gasteiger charge is -2.13. The zero-order chi connectivity index (χ0) is 13.3. The van der Waals surface area contributed by atoms with Crippen LogP contribution < -0.4 is 0 Å². The van der Waals surface area contributed by atoms with Crippen LogP contribution in [0.1, 0.15) is 23.1 Å². The Hall–Kier alpha value is -1.20. The second kappa shape index (κ2) is 5.20. The van der Waals surface area contributed by atoms with Crippen LogP contribution in [0, 0.1) is 19.7 Å². The molecule has 0 bridgehead atoms. The van der Waals surface area contributed by atoms with Crippen LogP contribution >= 0.6 is 15.9 Å². The lowest BCUT2D eigenvalue weighted by molar-refractivity contribution is 0.150. The Bertz CT molecular complexity index is 568. The van der Waals surface area contributed by atoms with Crippen molar-refractivity contribution in [2.24, 2.45) is 0 Å². The molecule has 1 atom stereocenters. The Labute approximate surface area is 113 Å². The third-order valence-corrected chi connectivity index (χ3v) is 3.39. The summed E-state index contributed by atoms with van der Waals surface area (Å²) in [7, 11) is 0. The molecule has 1 aromatic heterocycles. The molecule has 1 aromatic carbocycles. The Kier molecular flexibility index (Phi) is 3.82. The van der Waals surface area contributed by atoms with E-state index in [1.54, 1.807) is 16.8 Å². The molecule has 0 spiro atoms. The molecule has 0 fully saturated rings. The van der Waals surface area contributed by atoms with E-state index in [1.807, 2.05) is 19.9 Å². The summed E-state index contributed by atoms with van der Waals surface area (Å²) in [6, 6.07) is 6.46. The first-order chi connectivity index (χ1) is 8.47. The fraction of sp³-hybridized carbons (Fsp3) is 0.308. The van der Waals surface area contributed by atoms with E-state index in [0.29, 0.717) is 16.6 Å². The molecule has 1 heterocycles. The van der Waals surface area contributed by atoms with Crippen molar-refractivity contribution < 1.29 is 9.50 Å². The maximum Gasteiger partial charge on any atom is 0.137 e. The van der Waals surface area contributed by atoms with Crippen molar-refractivity contribution >= 4 is 15.9 Å². The number of aliphatic hydroxyl groups excluding tert-OH is 1. The second-order valence-electron chi connectivity index (χ2n) is 4.30. The number of halogens is 2. The quantitative estimate of drug-likeness (QED) is 0.945. The fourth-order valence-electron chi connectivity index (χ4n) is 1.85. The topological polar surface area (TPSA) is 38.0 Å². The first kappa shape index (κ1) is 13.2. The number of aromatic nitrogens is 2. The van der Waals surface area contributed by atoms with Gasteiger partial charge in [-0.3, -0.25) is 4.68 Å². The van der Waals surface area contributed by atoms with Gasteiger partial charge in [0.25, 0.3) is 0 Å². The van der Waals surface area contributed by atoms with Crippen molar-refractivity contribution in [3.63, 3.8) is 0 Å². The number of aliphatic hydroxyl groups is 1. The summed E-state index contributed by atoms with van der Waals surface area (Å²) in [5.74, 6) is -0.336. The lowest BCUT2D eigenvalue weighted by Crippen LogP contribution is -2.11. The average molecular weight is 313 g/mol. The first-order valence-corrected chi connectivity index (χ1v) is 6.40. The molecule has 0 radical (unpaired) electrons. The number of aryl methyl sites for hydroxylation is 2. The van der Waals surface area contributed by atoms with Crippen molar-refractivity contribution in [2.45, 2.75) is 26.5 Å². The summed E-state index contributed by atoms with van der Waals surface area (Å²) in [6.07, 6.45) is -0.708. The van der Waals surface area contributed by atoms with Crippen LogP contribution in [0.3, 0.4) is 0 Å². The van der Waals surface area contributed by atoms with Crippen molar-refractivity contribution in [1.29, 1.82) is 0 Å². The minimum absolute atomic E-state index is 0.336. The molecule has 0 amide bonds. The van der Waals surface area contributed by atoms with Gasteiger partial charge >= 0.3 is 0 Å². The summed E-state index contributed by atoms with van der Waals surface area (Å²) >= 11 is 3.11. The molecule has 0 aliphatic rings. The van der Waals surface area contributed by atoms with Gasteiger partial charge in [0.2, 0.25) is 0 Å². The SMILES string of the molecule is Cc1cc(C)n(C[C@H](O)c2ccc(F)c(Br)c2)n1. The molecule has 2 rings (SSSR count). The van der Waals surface area contributed by atoms with Crippen molar-refractivity contribution in [2.75, 3.05) is 0 Å². The summed E-state index contributed by atoms with van der Waals surface area (Å²) in [5.41, 5.74) is 2.57. The summed E-state index contributed by atoms with van der Waals surface area (Å²) in [5, 5.41) is 14.4. The first-order valence-electron chi connectivity index (χ1n) is 5.61. The van der Waals surface area contributed by atoms with Crippen molar-refractivity contribution in [3.8, 4) is 0 Å². The van der Waals surface area contributed by atoms with E-state index < -0.39 is 6.10 Å². The molecule has 3 nitrogen and oxygen atoms in total. The number of rotatable bonds is 3. The Morgan fingerprint density at radius 3 is 2.67 bits per heavy atom. The molecule has 0 saturated carbocycles. The predicted molar refractivity (Wildman–Crippen MR) is 70.8 cm³/mol. The van der Waals surface area contributed by atoms with E-state index >= 15 is 0 Å². The van der Waals surface area contributed by atoms with E-state index in [-0.39, 0.29) is 5.82 Å². The molecule has 5 heteroatoms. The fourth-order valence-corrected chi connectivity index (χ4v) is 2.25.